The number of aliphatic hydroxyl groups excluding tert-OH is 13. The number of nitrogens with zero attached hydrogens (tertiary/aromatic N) is 1. The van der Waals surface area contributed by atoms with Crippen molar-refractivity contribution in [1.29, 1.82) is 0 Å². The van der Waals surface area contributed by atoms with Gasteiger partial charge in [-0.15, -0.1) is 0 Å². The van der Waals surface area contributed by atoms with Gasteiger partial charge in [0, 0.05) is 39.0 Å². The molecule has 20 atom stereocenters. The van der Waals surface area contributed by atoms with Gasteiger partial charge in [-0.3, -0.25) is 28.9 Å². The molecule has 4 aliphatic heterocycles. The average Bonchev–Trinajstić information content (AvgIpc) is 3.36. The Bertz CT molecular complexity index is 1740. The highest BCUT2D eigenvalue weighted by Crippen LogP contribution is 2.31. The van der Waals surface area contributed by atoms with E-state index in [1.54, 1.807) is 0 Å². The standard InChI is InChI=1S/C43H75N5O26/c1-19(51)13-48(14-26(54)44-7-3-5-24(52)46-9-11-67-40-35(63)32(60)28(56)20(2)70-40)15-27(55)45-8-4-6-25(53)47-10-12-68-42-38(66)39(74-43-37(65)34(62)30(58)22(17-50)72-43)31(59)23(73-42)18-69-41-36(64)33(61)29(57)21(16-49)71-41/h20-23,28-43,49-50,56-66H,3-18H2,1-2H3,(H,44,54)(H,45,55)(H,46,52)(H,47,53). The lowest BCUT2D eigenvalue weighted by Gasteiger charge is -2.46. The maximum absolute atomic E-state index is 12.7. The summed E-state index contributed by atoms with van der Waals surface area (Å²) in [4.78, 5) is 63.4. The van der Waals surface area contributed by atoms with Gasteiger partial charge in [0.25, 0.3) is 0 Å². The van der Waals surface area contributed by atoms with Gasteiger partial charge in [0.15, 0.2) is 25.2 Å². The number of hydrogen-bond acceptors (Lipinski definition) is 27. The molecule has 4 saturated heterocycles. The van der Waals surface area contributed by atoms with E-state index in [-0.39, 0.29) is 96.4 Å². The number of ketones is 1. The molecular formula is C43H75N5O26. The molecule has 0 aromatic heterocycles. The maximum atomic E-state index is 12.7. The fraction of sp³-hybridized carbons (Fsp3) is 0.884. The van der Waals surface area contributed by atoms with Gasteiger partial charge in [0.1, 0.15) is 97.3 Å². The third-order valence-corrected chi connectivity index (χ3v) is 12.3. The average molecular weight is 1080 g/mol. The summed E-state index contributed by atoms with van der Waals surface area (Å²) in [5, 5.41) is 143. The van der Waals surface area contributed by atoms with Crippen molar-refractivity contribution < 1.29 is 128 Å². The second-order valence-corrected chi connectivity index (χ2v) is 18.2. The Kier molecular flexibility index (Phi) is 26.6. The number of hydrogen-bond donors (Lipinski definition) is 17. The van der Waals surface area contributed by atoms with E-state index in [1.807, 2.05) is 0 Å². The summed E-state index contributed by atoms with van der Waals surface area (Å²) in [6, 6.07) is 0. The van der Waals surface area contributed by atoms with Gasteiger partial charge in [0.05, 0.1) is 58.8 Å². The summed E-state index contributed by atoms with van der Waals surface area (Å²) in [6.07, 6.45) is -31.7. The van der Waals surface area contributed by atoms with Crippen LogP contribution in [-0.4, -0.2) is 302 Å². The minimum atomic E-state index is -1.95. The van der Waals surface area contributed by atoms with Crippen molar-refractivity contribution in [3.8, 4) is 0 Å². The first-order chi connectivity index (χ1) is 35.1. The normalized spacial score (nSPS) is 36.5. The fourth-order valence-electron chi connectivity index (χ4n) is 8.08. The monoisotopic (exact) mass is 1080 g/mol. The van der Waals surface area contributed by atoms with Gasteiger partial charge in [0.2, 0.25) is 23.6 Å². The lowest BCUT2D eigenvalue weighted by Crippen LogP contribution is -2.65. The Morgan fingerprint density at radius 1 is 0.459 bits per heavy atom. The van der Waals surface area contributed by atoms with Crippen LogP contribution < -0.4 is 21.3 Å². The summed E-state index contributed by atoms with van der Waals surface area (Å²) in [7, 11) is 0. The fourth-order valence-corrected chi connectivity index (χ4v) is 8.08. The zero-order valence-electron chi connectivity index (χ0n) is 40.9. The van der Waals surface area contributed by atoms with Crippen LogP contribution in [0.3, 0.4) is 0 Å². The second-order valence-electron chi connectivity index (χ2n) is 18.2. The minimum Gasteiger partial charge on any atom is -0.394 e. The van der Waals surface area contributed by atoms with Crippen molar-refractivity contribution >= 4 is 29.4 Å². The molecule has 0 spiro atoms. The molecule has 0 aromatic carbocycles. The highest BCUT2D eigenvalue weighted by Gasteiger charge is 2.52. The molecule has 0 radical (unpaired) electrons. The predicted octanol–water partition coefficient (Wildman–Crippen LogP) is -10.8. The Morgan fingerprint density at radius 3 is 1.36 bits per heavy atom. The van der Waals surface area contributed by atoms with Gasteiger partial charge in [-0.1, -0.05) is 0 Å². The molecule has 0 bridgehead atoms. The molecular weight excluding hydrogens is 1000 g/mol. The van der Waals surface area contributed by atoms with E-state index in [1.165, 1.54) is 18.7 Å². The Balaban J connectivity index is 1.16. The molecule has 4 fully saturated rings. The van der Waals surface area contributed by atoms with Crippen LogP contribution in [0.5, 0.6) is 0 Å². The molecule has 31 heteroatoms. The molecule has 4 amide bonds. The van der Waals surface area contributed by atoms with Crippen molar-refractivity contribution in [1.82, 2.24) is 26.2 Å². The van der Waals surface area contributed by atoms with Crippen LogP contribution >= 0.6 is 0 Å². The molecule has 20 unspecified atom stereocenters. The van der Waals surface area contributed by atoms with E-state index in [0.29, 0.717) is 0 Å². The third kappa shape index (κ3) is 18.7. The van der Waals surface area contributed by atoms with Crippen LogP contribution in [0.4, 0.5) is 0 Å². The molecule has 4 aliphatic rings. The van der Waals surface area contributed by atoms with Gasteiger partial charge >= 0.3 is 0 Å². The number of rotatable bonds is 29. The van der Waals surface area contributed by atoms with Crippen molar-refractivity contribution in [3.05, 3.63) is 0 Å². The number of amides is 4. The number of nitrogens with one attached hydrogen (secondary N) is 4. The Morgan fingerprint density at radius 2 is 0.878 bits per heavy atom. The largest absolute Gasteiger partial charge is 0.394 e. The zero-order chi connectivity index (χ0) is 54.8. The third-order valence-electron chi connectivity index (χ3n) is 12.3. The van der Waals surface area contributed by atoms with Crippen LogP contribution in [-0.2, 0) is 61.9 Å². The Hall–Kier alpha value is -3.33. The second kappa shape index (κ2) is 31.2. The lowest BCUT2D eigenvalue weighted by molar-refractivity contribution is -0.366. The van der Waals surface area contributed by atoms with Crippen molar-refractivity contribution in [2.75, 3.05) is 78.8 Å². The first-order valence-electron chi connectivity index (χ1n) is 24.2. The quantitative estimate of drug-likeness (QED) is 0.0309. The smallest absolute Gasteiger partial charge is 0.234 e. The predicted molar refractivity (Wildman–Crippen MR) is 241 cm³/mol. The van der Waals surface area contributed by atoms with E-state index in [0.717, 1.165) is 0 Å². The molecule has 428 valence electrons. The van der Waals surface area contributed by atoms with Gasteiger partial charge < -0.3 is 126 Å². The van der Waals surface area contributed by atoms with E-state index in [4.69, 9.17) is 37.9 Å². The maximum Gasteiger partial charge on any atom is 0.234 e. The molecule has 0 aromatic rings. The van der Waals surface area contributed by atoms with Crippen molar-refractivity contribution in [2.45, 2.75) is 162 Å². The van der Waals surface area contributed by atoms with Gasteiger partial charge in [-0.25, -0.2) is 0 Å². The zero-order valence-corrected chi connectivity index (χ0v) is 40.9. The number of Topliss-reactive ketones (excluding diaryl/α,β-unsaturated/α-hetero) is 1. The molecule has 0 saturated carbocycles. The number of carbonyl (C=O) groups excluding carboxylic acids is 5. The lowest BCUT2D eigenvalue weighted by atomic mass is 9.96. The van der Waals surface area contributed by atoms with Crippen LogP contribution in [0, 0.1) is 0 Å². The number of aliphatic hydroxyl groups is 13. The summed E-state index contributed by atoms with van der Waals surface area (Å²) < 4.78 is 43.9. The molecule has 0 aliphatic carbocycles. The molecule has 74 heavy (non-hydrogen) atoms. The highest BCUT2D eigenvalue weighted by atomic mass is 16.8. The summed E-state index contributed by atoms with van der Waals surface area (Å²) in [5.74, 6) is -2.20. The SMILES string of the molecule is CC(=O)CN(CC(=O)NCCCC(=O)NCCOC1OC(C)C(O)C(O)C1O)CC(=O)NCCCC(=O)NCCOC1OC(COC2OC(CO)C(O)C(O)C2O)C(O)C(OC2OC(CO)C(O)C(O)C2O)C1O. The first-order valence-corrected chi connectivity index (χ1v) is 24.2. The van der Waals surface area contributed by atoms with E-state index in [2.05, 4.69) is 21.3 Å². The van der Waals surface area contributed by atoms with Crippen LogP contribution in [0.2, 0.25) is 0 Å². The summed E-state index contributed by atoms with van der Waals surface area (Å²) in [6.45, 7) is -0.708. The highest BCUT2D eigenvalue weighted by molar-refractivity contribution is 5.84. The molecule has 4 rings (SSSR count). The minimum absolute atomic E-state index is 0.0344. The van der Waals surface area contributed by atoms with E-state index in [9.17, 15) is 90.4 Å². The number of ether oxygens (including phenoxy) is 8. The number of carbonyl (C=O) groups is 5. The van der Waals surface area contributed by atoms with Crippen LogP contribution in [0.1, 0.15) is 39.5 Å². The van der Waals surface area contributed by atoms with E-state index >= 15 is 0 Å². The molecule has 31 nitrogen and oxygen atoms in total. The first kappa shape index (κ1) is 63.2. The molecule has 4 heterocycles. The summed E-state index contributed by atoms with van der Waals surface area (Å²) in [5.41, 5.74) is 0. The topological polar surface area (TPSA) is 474 Å². The van der Waals surface area contributed by atoms with Crippen molar-refractivity contribution in [3.63, 3.8) is 0 Å². The Labute approximate surface area is 424 Å². The van der Waals surface area contributed by atoms with Crippen LogP contribution in [0.25, 0.3) is 0 Å². The van der Waals surface area contributed by atoms with Crippen LogP contribution in [0.15, 0.2) is 0 Å². The van der Waals surface area contributed by atoms with Gasteiger partial charge in [-0.2, -0.15) is 0 Å². The summed E-state index contributed by atoms with van der Waals surface area (Å²) >= 11 is 0. The van der Waals surface area contributed by atoms with Crippen molar-refractivity contribution in [2.24, 2.45) is 0 Å². The molecule has 17 N–H and O–H groups in total. The van der Waals surface area contributed by atoms with Gasteiger partial charge in [-0.05, 0) is 26.7 Å². The van der Waals surface area contributed by atoms with E-state index < -0.39 is 160 Å².